The van der Waals surface area contributed by atoms with Gasteiger partial charge >= 0.3 is 0 Å². The Morgan fingerprint density at radius 1 is 1.16 bits per heavy atom. The van der Waals surface area contributed by atoms with Crippen LogP contribution in [-0.4, -0.2) is 11.5 Å². The highest BCUT2D eigenvalue weighted by atomic mass is 14.9. The Bertz CT molecular complexity index is 500. The summed E-state index contributed by atoms with van der Waals surface area (Å²) >= 11 is 0. The van der Waals surface area contributed by atoms with Crippen LogP contribution < -0.4 is 5.32 Å². The highest BCUT2D eigenvalue weighted by Crippen LogP contribution is 2.20. The fourth-order valence-electron chi connectivity index (χ4n) is 2.52. The Balaban J connectivity index is 2.24. The molecule has 0 saturated carbocycles. The monoisotopic (exact) mass is 254 g/mol. The van der Waals surface area contributed by atoms with Gasteiger partial charge in [0.2, 0.25) is 0 Å². The standard InChI is InChI=1S/C17H22N2/c1-4-19-17(11-15-6-5-7-18-12-15)16-9-13(2)8-14(3)10-16/h5-10,12,17,19H,4,11H2,1-3H3. The zero-order valence-corrected chi connectivity index (χ0v) is 12.0. The van der Waals surface area contributed by atoms with E-state index >= 15 is 0 Å². The van der Waals surface area contributed by atoms with Crippen molar-refractivity contribution in [3.63, 3.8) is 0 Å². The molecule has 0 amide bonds. The number of hydrogen-bond acceptors (Lipinski definition) is 2. The van der Waals surface area contributed by atoms with Crippen LogP contribution in [0.15, 0.2) is 42.7 Å². The van der Waals surface area contributed by atoms with Crippen LogP contribution in [0.3, 0.4) is 0 Å². The van der Waals surface area contributed by atoms with Gasteiger partial charge in [-0.3, -0.25) is 4.98 Å². The summed E-state index contributed by atoms with van der Waals surface area (Å²) < 4.78 is 0. The molecule has 1 aromatic heterocycles. The van der Waals surface area contributed by atoms with Crippen LogP contribution in [0.25, 0.3) is 0 Å². The number of likely N-dealkylation sites (N-methyl/N-ethyl adjacent to an activating group) is 1. The van der Waals surface area contributed by atoms with Crippen molar-refractivity contribution >= 4 is 0 Å². The average molecular weight is 254 g/mol. The second-order valence-corrected chi connectivity index (χ2v) is 5.10. The van der Waals surface area contributed by atoms with E-state index in [2.05, 4.69) is 55.3 Å². The van der Waals surface area contributed by atoms with Gasteiger partial charge in [-0.15, -0.1) is 0 Å². The molecule has 100 valence electrons. The molecule has 1 atom stereocenters. The van der Waals surface area contributed by atoms with E-state index in [0.717, 1.165) is 13.0 Å². The number of nitrogens with zero attached hydrogens (tertiary/aromatic N) is 1. The lowest BCUT2D eigenvalue weighted by Gasteiger charge is -2.19. The first-order valence-corrected chi connectivity index (χ1v) is 6.89. The van der Waals surface area contributed by atoms with Crippen molar-refractivity contribution in [2.75, 3.05) is 6.54 Å². The number of benzene rings is 1. The third-order valence-corrected chi connectivity index (χ3v) is 3.26. The van der Waals surface area contributed by atoms with Gasteiger partial charge in [-0.05, 0) is 44.0 Å². The first-order chi connectivity index (χ1) is 9.19. The molecule has 1 unspecified atom stereocenters. The van der Waals surface area contributed by atoms with Gasteiger partial charge in [0.25, 0.3) is 0 Å². The number of aromatic nitrogens is 1. The van der Waals surface area contributed by atoms with E-state index in [0.29, 0.717) is 6.04 Å². The van der Waals surface area contributed by atoms with Gasteiger partial charge in [-0.1, -0.05) is 42.3 Å². The second kappa shape index (κ2) is 6.48. The van der Waals surface area contributed by atoms with Gasteiger partial charge in [0, 0.05) is 18.4 Å². The normalized spacial score (nSPS) is 12.4. The Hall–Kier alpha value is -1.67. The molecule has 0 saturated heterocycles. The van der Waals surface area contributed by atoms with Gasteiger partial charge in [-0.25, -0.2) is 0 Å². The first-order valence-electron chi connectivity index (χ1n) is 6.89. The number of hydrogen-bond donors (Lipinski definition) is 1. The Labute approximate surface area is 115 Å². The highest BCUT2D eigenvalue weighted by molar-refractivity contribution is 5.31. The molecule has 0 fully saturated rings. The van der Waals surface area contributed by atoms with E-state index in [1.54, 1.807) is 0 Å². The molecule has 2 heteroatoms. The third-order valence-electron chi connectivity index (χ3n) is 3.26. The largest absolute Gasteiger partial charge is 0.310 e. The second-order valence-electron chi connectivity index (χ2n) is 5.10. The fraction of sp³-hybridized carbons (Fsp3) is 0.353. The van der Waals surface area contributed by atoms with Crippen molar-refractivity contribution in [3.05, 3.63) is 65.0 Å². The molecule has 0 aliphatic carbocycles. The van der Waals surface area contributed by atoms with Crippen LogP contribution in [0, 0.1) is 13.8 Å². The number of pyridine rings is 1. The summed E-state index contributed by atoms with van der Waals surface area (Å²) in [5.74, 6) is 0. The number of rotatable bonds is 5. The van der Waals surface area contributed by atoms with Crippen molar-refractivity contribution in [3.8, 4) is 0 Å². The predicted molar refractivity (Wildman–Crippen MR) is 80.3 cm³/mol. The van der Waals surface area contributed by atoms with Crippen LogP contribution in [0.2, 0.25) is 0 Å². The van der Waals surface area contributed by atoms with Gasteiger partial charge in [0.15, 0.2) is 0 Å². The Kier molecular flexibility index (Phi) is 4.69. The van der Waals surface area contributed by atoms with E-state index in [1.165, 1.54) is 22.3 Å². The molecule has 0 bridgehead atoms. The lowest BCUT2D eigenvalue weighted by molar-refractivity contribution is 0.548. The van der Waals surface area contributed by atoms with Gasteiger partial charge in [0.05, 0.1) is 0 Å². The highest BCUT2D eigenvalue weighted by Gasteiger charge is 2.12. The summed E-state index contributed by atoms with van der Waals surface area (Å²) in [6, 6.07) is 11.3. The SMILES string of the molecule is CCNC(Cc1cccnc1)c1cc(C)cc(C)c1. The molecule has 1 N–H and O–H groups in total. The van der Waals surface area contributed by atoms with E-state index in [4.69, 9.17) is 0 Å². The van der Waals surface area contributed by atoms with Gasteiger partial charge in [-0.2, -0.15) is 0 Å². The summed E-state index contributed by atoms with van der Waals surface area (Å²) in [4.78, 5) is 4.20. The minimum absolute atomic E-state index is 0.354. The summed E-state index contributed by atoms with van der Waals surface area (Å²) in [6.07, 6.45) is 4.75. The van der Waals surface area contributed by atoms with E-state index in [9.17, 15) is 0 Å². The summed E-state index contributed by atoms with van der Waals surface area (Å²) in [7, 11) is 0. The van der Waals surface area contributed by atoms with Crippen LogP contribution in [0.4, 0.5) is 0 Å². The molecule has 0 aliphatic heterocycles. The van der Waals surface area contributed by atoms with E-state index in [1.807, 2.05) is 18.5 Å². The van der Waals surface area contributed by atoms with Crippen molar-refractivity contribution in [1.82, 2.24) is 10.3 Å². The predicted octanol–water partition coefficient (Wildman–Crippen LogP) is 3.59. The average Bonchev–Trinajstić information content (AvgIpc) is 2.38. The summed E-state index contributed by atoms with van der Waals surface area (Å²) in [5.41, 5.74) is 5.28. The van der Waals surface area contributed by atoms with Crippen LogP contribution in [-0.2, 0) is 6.42 Å². The van der Waals surface area contributed by atoms with Crippen molar-refractivity contribution in [1.29, 1.82) is 0 Å². The fourth-order valence-corrected chi connectivity index (χ4v) is 2.52. The van der Waals surface area contributed by atoms with Crippen molar-refractivity contribution in [2.45, 2.75) is 33.2 Å². The van der Waals surface area contributed by atoms with Crippen molar-refractivity contribution in [2.24, 2.45) is 0 Å². The molecule has 19 heavy (non-hydrogen) atoms. The molecule has 2 rings (SSSR count). The molecule has 2 nitrogen and oxygen atoms in total. The quantitative estimate of drug-likeness (QED) is 0.882. The zero-order valence-electron chi connectivity index (χ0n) is 12.0. The van der Waals surface area contributed by atoms with Crippen LogP contribution in [0.1, 0.15) is 35.2 Å². The van der Waals surface area contributed by atoms with Crippen LogP contribution in [0.5, 0.6) is 0 Å². The molecule has 0 radical (unpaired) electrons. The maximum atomic E-state index is 4.20. The van der Waals surface area contributed by atoms with Gasteiger partial charge in [0.1, 0.15) is 0 Å². The number of nitrogens with one attached hydrogen (secondary N) is 1. The molecule has 1 heterocycles. The Morgan fingerprint density at radius 3 is 2.47 bits per heavy atom. The maximum absolute atomic E-state index is 4.20. The lowest BCUT2D eigenvalue weighted by atomic mass is 9.96. The summed E-state index contributed by atoms with van der Waals surface area (Å²) in [6.45, 7) is 7.43. The zero-order chi connectivity index (χ0) is 13.7. The molecule has 0 spiro atoms. The van der Waals surface area contributed by atoms with E-state index in [-0.39, 0.29) is 0 Å². The minimum Gasteiger partial charge on any atom is -0.310 e. The Morgan fingerprint density at radius 2 is 1.89 bits per heavy atom. The van der Waals surface area contributed by atoms with Gasteiger partial charge < -0.3 is 5.32 Å². The topological polar surface area (TPSA) is 24.9 Å². The summed E-state index contributed by atoms with van der Waals surface area (Å²) in [5, 5.41) is 3.57. The molecule has 2 aromatic rings. The smallest absolute Gasteiger partial charge is 0.0361 e. The molecule has 1 aromatic carbocycles. The van der Waals surface area contributed by atoms with Crippen molar-refractivity contribution < 1.29 is 0 Å². The molecular formula is C17H22N2. The maximum Gasteiger partial charge on any atom is 0.0361 e. The molecular weight excluding hydrogens is 232 g/mol. The lowest BCUT2D eigenvalue weighted by Crippen LogP contribution is -2.23. The van der Waals surface area contributed by atoms with E-state index < -0.39 is 0 Å². The number of aryl methyl sites for hydroxylation is 2. The minimum atomic E-state index is 0.354. The third kappa shape index (κ3) is 3.90. The van der Waals surface area contributed by atoms with Crippen LogP contribution >= 0.6 is 0 Å². The first kappa shape index (κ1) is 13.8. The molecule has 0 aliphatic rings.